The van der Waals surface area contributed by atoms with Gasteiger partial charge in [-0.05, 0) is 36.4 Å². The van der Waals surface area contributed by atoms with E-state index < -0.39 is 0 Å². The van der Waals surface area contributed by atoms with Gasteiger partial charge in [-0.25, -0.2) is 0 Å². The Morgan fingerprint density at radius 1 is 1.75 bits per heavy atom. The van der Waals surface area contributed by atoms with Gasteiger partial charge in [-0.15, -0.1) is 11.3 Å². The zero-order valence-electron chi connectivity index (χ0n) is 7.26. The summed E-state index contributed by atoms with van der Waals surface area (Å²) < 4.78 is 0. The first-order valence-electron chi connectivity index (χ1n) is 4.35. The Balaban J connectivity index is 2.41. The third-order valence-corrected chi connectivity index (χ3v) is 3.71. The highest BCUT2D eigenvalue weighted by Gasteiger charge is 2.19. The molecule has 2 heterocycles. The Labute approximate surface area is 76.8 Å². The van der Waals surface area contributed by atoms with Crippen LogP contribution in [-0.4, -0.2) is 6.54 Å². The maximum absolute atomic E-state index is 5.65. The molecule has 2 nitrogen and oxygen atoms in total. The molecule has 1 unspecified atom stereocenters. The van der Waals surface area contributed by atoms with Crippen LogP contribution in [0.2, 0.25) is 0 Å². The van der Waals surface area contributed by atoms with Gasteiger partial charge in [-0.3, -0.25) is 0 Å². The van der Waals surface area contributed by atoms with Crippen LogP contribution in [0.25, 0.3) is 0 Å². The molecule has 12 heavy (non-hydrogen) atoms. The molecule has 0 saturated heterocycles. The number of nitrogens with two attached hydrogens (primary N) is 1. The maximum atomic E-state index is 5.65. The lowest BCUT2D eigenvalue weighted by Gasteiger charge is -2.20. The van der Waals surface area contributed by atoms with Crippen molar-refractivity contribution in [2.75, 3.05) is 6.54 Å². The molecule has 0 aliphatic carbocycles. The van der Waals surface area contributed by atoms with E-state index in [-0.39, 0.29) is 0 Å². The summed E-state index contributed by atoms with van der Waals surface area (Å²) in [7, 11) is 0. The second kappa shape index (κ2) is 3.17. The molecule has 0 fully saturated rings. The Hall–Kier alpha value is -0.380. The molecule has 0 amide bonds. The van der Waals surface area contributed by atoms with E-state index in [0.29, 0.717) is 12.6 Å². The van der Waals surface area contributed by atoms with E-state index in [2.05, 4.69) is 17.6 Å². The lowest BCUT2D eigenvalue weighted by atomic mass is 10.0. The van der Waals surface area contributed by atoms with Gasteiger partial charge >= 0.3 is 0 Å². The molecular weight excluding hydrogens is 168 g/mol. The highest BCUT2D eigenvalue weighted by molar-refractivity contribution is 7.10. The Bertz CT molecular complexity index is 280. The number of hydrogen-bond acceptors (Lipinski definition) is 3. The molecule has 0 spiro atoms. The smallest absolute Gasteiger partial charge is 0.0389 e. The van der Waals surface area contributed by atoms with E-state index in [0.717, 1.165) is 13.0 Å². The lowest BCUT2D eigenvalue weighted by Crippen LogP contribution is -2.27. The molecule has 1 atom stereocenters. The lowest BCUT2D eigenvalue weighted by molar-refractivity contribution is 0.549. The summed E-state index contributed by atoms with van der Waals surface area (Å²) in [6.45, 7) is 4.01. The molecule has 3 heteroatoms. The van der Waals surface area contributed by atoms with Crippen LogP contribution in [-0.2, 0) is 13.0 Å². The fourth-order valence-corrected chi connectivity index (χ4v) is 2.93. The molecule has 0 aromatic carbocycles. The predicted octanol–water partition coefficient (Wildman–Crippen LogP) is 1.41. The van der Waals surface area contributed by atoms with Crippen LogP contribution in [0.5, 0.6) is 0 Å². The van der Waals surface area contributed by atoms with E-state index in [1.165, 1.54) is 16.0 Å². The third kappa shape index (κ3) is 1.18. The van der Waals surface area contributed by atoms with Gasteiger partial charge in [0.15, 0.2) is 0 Å². The Kier molecular flexibility index (Phi) is 2.17. The van der Waals surface area contributed by atoms with Gasteiger partial charge < -0.3 is 11.1 Å². The van der Waals surface area contributed by atoms with Crippen molar-refractivity contribution in [3.05, 3.63) is 21.4 Å². The molecule has 0 bridgehead atoms. The van der Waals surface area contributed by atoms with Crippen LogP contribution in [0.3, 0.4) is 0 Å². The first-order valence-corrected chi connectivity index (χ1v) is 5.23. The normalized spacial score (nSPS) is 22.3. The molecule has 66 valence electrons. The number of hydrogen-bond donors (Lipinski definition) is 2. The molecule has 1 aliphatic rings. The average molecular weight is 182 g/mol. The quantitative estimate of drug-likeness (QED) is 0.689. The van der Waals surface area contributed by atoms with Crippen LogP contribution in [0, 0.1) is 0 Å². The minimum absolute atomic E-state index is 0.527. The largest absolute Gasteiger partial charge is 0.326 e. The van der Waals surface area contributed by atoms with E-state index in [1.54, 1.807) is 0 Å². The van der Waals surface area contributed by atoms with E-state index in [9.17, 15) is 0 Å². The van der Waals surface area contributed by atoms with Gasteiger partial charge in [0.1, 0.15) is 0 Å². The van der Waals surface area contributed by atoms with Crippen molar-refractivity contribution in [1.29, 1.82) is 0 Å². The summed E-state index contributed by atoms with van der Waals surface area (Å²) in [6, 6.07) is 0.527. The summed E-state index contributed by atoms with van der Waals surface area (Å²) in [5, 5.41) is 5.65. The van der Waals surface area contributed by atoms with Crippen molar-refractivity contribution in [2.45, 2.75) is 25.9 Å². The zero-order valence-corrected chi connectivity index (χ0v) is 8.08. The summed E-state index contributed by atoms with van der Waals surface area (Å²) in [5.41, 5.74) is 8.51. The van der Waals surface area contributed by atoms with Crippen molar-refractivity contribution in [2.24, 2.45) is 5.73 Å². The zero-order chi connectivity index (χ0) is 8.55. The van der Waals surface area contributed by atoms with Crippen LogP contribution in [0.1, 0.15) is 29.0 Å². The Morgan fingerprint density at radius 3 is 3.33 bits per heavy atom. The summed E-state index contributed by atoms with van der Waals surface area (Å²) in [6.07, 6.45) is 1.15. The van der Waals surface area contributed by atoms with Crippen molar-refractivity contribution in [3.8, 4) is 0 Å². The van der Waals surface area contributed by atoms with Gasteiger partial charge in [-0.1, -0.05) is 0 Å². The highest BCUT2D eigenvalue weighted by Crippen LogP contribution is 2.31. The molecule has 1 aromatic rings. The number of nitrogens with one attached hydrogen (secondary N) is 1. The van der Waals surface area contributed by atoms with Gasteiger partial charge in [0.2, 0.25) is 0 Å². The van der Waals surface area contributed by atoms with Crippen LogP contribution in [0.4, 0.5) is 0 Å². The molecule has 1 aliphatic heterocycles. The molecule has 3 N–H and O–H groups in total. The predicted molar refractivity (Wildman–Crippen MR) is 52.3 cm³/mol. The minimum atomic E-state index is 0.527. The SMILES string of the molecule is CC1NCCc2c(CN)csc21. The van der Waals surface area contributed by atoms with Crippen LogP contribution >= 0.6 is 11.3 Å². The monoisotopic (exact) mass is 182 g/mol. The molecule has 0 radical (unpaired) electrons. The van der Waals surface area contributed by atoms with Crippen molar-refractivity contribution in [1.82, 2.24) is 5.32 Å². The van der Waals surface area contributed by atoms with Crippen LogP contribution in [0.15, 0.2) is 5.38 Å². The third-order valence-electron chi connectivity index (χ3n) is 2.45. The number of fused-ring (bicyclic) bond motifs is 1. The van der Waals surface area contributed by atoms with Crippen molar-refractivity contribution in [3.63, 3.8) is 0 Å². The second-order valence-corrected chi connectivity index (χ2v) is 4.14. The summed E-state index contributed by atoms with van der Waals surface area (Å²) in [4.78, 5) is 1.49. The van der Waals surface area contributed by atoms with E-state index >= 15 is 0 Å². The Morgan fingerprint density at radius 2 is 2.58 bits per heavy atom. The standard InChI is InChI=1S/C9H14N2S/c1-6-9-8(2-3-11-6)7(4-10)5-12-9/h5-6,11H,2-4,10H2,1H3. The molecular formula is C9H14N2S. The van der Waals surface area contributed by atoms with Crippen LogP contribution < -0.4 is 11.1 Å². The van der Waals surface area contributed by atoms with E-state index in [4.69, 9.17) is 5.73 Å². The number of rotatable bonds is 1. The molecule has 0 saturated carbocycles. The highest BCUT2D eigenvalue weighted by atomic mass is 32.1. The van der Waals surface area contributed by atoms with Gasteiger partial charge in [-0.2, -0.15) is 0 Å². The first kappa shape index (κ1) is 8.23. The molecule has 2 rings (SSSR count). The summed E-state index contributed by atoms with van der Waals surface area (Å²) in [5.74, 6) is 0. The second-order valence-electron chi connectivity index (χ2n) is 3.23. The van der Waals surface area contributed by atoms with Crippen molar-refractivity contribution >= 4 is 11.3 Å². The van der Waals surface area contributed by atoms with Crippen molar-refractivity contribution < 1.29 is 0 Å². The first-order chi connectivity index (χ1) is 5.83. The fraction of sp³-hybridized carbons (Fsp3) is 0.556. The fourth-order valence-electron chi connectivity index (χ4n) is 1.76. The van der Waals surface area contributed by atoms with Gasteiger partial charge in [0.25, 0.3) is 0 Å². The van der Waals surface area contributed by atoms with E-state index in [1.807, 2.05) is 11.3 Å². The topological polar surface area (TPSA) is 38.0 Å². The van der Waals surface area contributed by atoms with Gasteiger partial charge in [0.05, 0.1) is 0 Å². The average Bonchev–Trinajstić information content (AvgIpc) is 2.49. The molecule has 1 aromatic heterocycles. The van der Waals surface area contributed by atoms with Gasteiger partial charge in [0, 0.05) is 17.5 Å². The maximum Gasteiger partial charge on any atom is 0.0389 e. The number of thiophene rings is 1. The minimum Gasteiger partial charge on any atom is -0.326 e. The summed E-state index contributed by atoms with van der Waals surface area (Å²) >= 11 is 1.84.